The molecule has 0 saturated carbocycles. The van der Waals surface area contributed by atoms with Gasteiger partial charge in [-0.05, 0) is 11.6 Å². The average molecular weight is 211 g/mol. The Hall–Kier alpha value is -1.16. The van der Waals surface area contributed by atoms with Crippen molar-refractivity contribution in [2.24, 2.45) is 0 Å². The Morgan fingerprint density at radius 2 is 2.14 bits per heavy atom. The van der Waals surface area contributed by atoms with Gasteiger partial charge in [0.15, 0.2) is 0 Å². The fourth-order valence-corrected chi connectivity index (χ4v) is 1.95. The van der Waals surface area contributed by atoms with Crippen LogP contribution in [-0.2, 0) is 10.5 Å². The number of carboxylic acids is 1. The molecule has 0 atom stereocenters. The first-order valence-electron chi connectivity index (χ1n) is 4.33. The third-order valence-corrected chi connectivity index (χ3v) is 2.78. The maximum atomic E-state index is 10.2. The van der Waals surface area contributed by atoms with E-state index >= 15 is 0 Å². The Morgan fingerprint density at radius 3 is 2.79 bits per heavy atom. The van der Waals surface area contributed by atoms with Crippen LogP contribution in [0.15, 0.2) is 24.3 Å². The van der Waals surface area contributed by atoms with Crippen LogP contribution in [0.1, 0.15) is 12.0 Å². The number of nitrogens with two attached hydrogens (primary N) is 1. The van der Waals surface area contributed by atoms with Crippen LogP contribution in [0.4, 0.5) is 5.69 Å². The zero-order valence-electron chi connectivity index (χ0n) is 7.77. The largest absolute Gasteiger partial charge is 0.481 e. The monoisotopic (exact) mass is 211 g/mol. The first-order chi connectivity index (χ1) is 6.70. The van der Waals surface area contributed by atoms with Crippen molar-refractivity contribution in [1.29, 1.82) is 0 Å². The van der Waals surface area contributed by atoms with Gasteiger partial charge in [-0.2, -0.15) is 11.8 Å². The third kappa shape index (κ3) is 3.70. The average Bonchev–Trinajstić information content (AvgIpc) is 2.15. The van der Waals surface area contributed by atoms with Gasteiger partial charge in [-0.25, -0.2) is 0 Å². The fourth-order valence-electron chi connectivity index (χ4n) is 1.01. The number of anilines is 1. The van der Waals surface area contributed by atoms with Crippen molar-refractivity contribution in [3.63, 3.8) is 0 Å². The second-order valence-electron chi connectivity index (χ2n) is 2.90. The Kier molecular flexibility index (Phi) is 4.32. The molecule has 3 N–H and O–H groups in total. The van der Waals surface area contributed by atoms with Crippen LogP contribution in [0, 0.1) is 0 Å². The molecular formula is C10H13NO2S. The lowest BCUT2D eigenvalue weighted by atomic mass is 10.2. The summed E-state index contributed by atoms with van der Waals surface area (Å²) in [5.74, 6) is 0.655. The van der Waals surface area contributed by atoms with Gasteiger partial charge in [-0.3, -0.25) is 4.79 Å². The van der Waals surface area contributed by atoms with Crippen molar-refractivity contribution in [2.75, 3.05) is 11.5 Å². The van der Waals surface area contributed by atoms with Crippen LogP contribution in [0.3, 0.4) is 0 Å². The second kappa shape index (κ2) is 5.54. The summed E-state index contributed by atoms with van der Waals surface area (Å²) in [5, 5.41) is 8.43. The lowest BCUT2D eigenvalue weighted by molar-refractivity contribution is -0.136. The van der Waals surface area contributed by atoms with E-state index in [1.165, 1.54) is 0 Å². The van der Waals surface area contributed by atoms with E-state index in [1.54, 1.807) is 11.8 Å². The van der Waals surface area contributed by atoms with Crippen molar-refractivity contribution >= 4 is 23.4 Å². The summed E-state index contributed by atoms with van der Waals surface area (Å²) in [6.45, 7) is 0. The Bertz CT molecular complexity index is 315. The molecule has 0 fully saturated rings. The van der Waals surface area contributed by atoms with Crippen molar-refractivity contribution in [1.82, 2.24) is 0 Å². The molecular weight excluding hydrogens is 198 g/mol. The maximum absolute atomic E-state index is 10.2. The summed E-state index contributed by atoms with van der Waals surface area (Å²) < 4.78 is 0. The van der Waals surface area contributed by atoms with Gasteiger partial charge in [0.2, 0.25) is 0 Å². The zero-order chi connectivity index (χ0) is 10.4. The number of hydrogen-bond acceptors (Lipinski definition) is 3. The predicted molar refractivity (Wildman–Crippen MR) is 59.3 cm³/mol. The molecule has 1 rings (SSSR count). The maximum Gasteiger partial charge on any atom is 0.304 e. The van der Waals surface area contributed by atoms with Gasteiger partial charge in [-0.15, -0.1) is 0 Å². The van der Waals surface area contributed by atoms with E-state index < -0.39 is 5.97 Å². The van der Waals surface area contributed by atoms with Crippen LogP contribution < -0.4 is 5.73 Å². The molecule has 14 heavy (non-hydrogen) atoms. The van der Waals surface area contributed by atoms with Gasteiger partial charge >= 0.3 is 5.97 Å². The number of para-hydroxylation sites is 1. The molecule has 0 aliphatic carbocycles. The van der Waals surface area contributed by atoms with Gasteiger partial charge < -0.3 is 10.8 Å². The summed E-state index contributed by atoms with van der Waals surface area (Å²) in [5.41, 5.74) is 7.58. The molecule has 0 saturated heterocycles. The molecule has 0 amide bonds. The number of thioether (sulfide) groups is 1. The SMILES string of the molecule is Nc1ccccc1CSCCC(=O)O. The standard InChI is InChI=1S/C10H13NO2S/c11-9-4-2-1-3-8(9)7-14-6-5-10(12)13/h1-4H,5-7,11H2,(H,12,13). The molecule has 0 bridgehead atoms. The number of carboxylic acid groups (broad SMARTS) is 1. The van der Waals surface area contributed by atoms with E-state index in [-0.39, 0.29) is 6.42 Å². The summed E-state index contributed by atoms with van der Waals surface area (Å²) in [6.07, 6.45) is 0.206. The molecule has 0 aliphatic heterocycles. The minimum Gasteiger partial charge on any atom is -0.481 e. The molecule has 0 aromatic heterocycles. The highest BCUT2D eigenvalue weighted by Gasteiger charge is 1.99. The lowest BCUT2D eigenvalue weighted by Gasteiger charge is -2.03. The predicted octanol–water partition coefficient (Wildman–Crippen LogP) is 1.98. The molecule has 0 heterocycles. The van der Waals surface area contributed by atoms with E-state index in [0.717, 1.165) is 17.0 Å². The fraction of sp³-hybridized carbons (Fsp3) is 0.300. The molecule has 3 nitrogen and oxygen atoms in total. The summed E-state index contributed by atoms with van der Waals surface area (Å²) in [4.78, 5) is 10.2. The number of carbonyl (C=O) groups is 1. The lowest BCUT2D eigenvalue weighted by Crippen LogP contribution is -1.97. The van der Waals surface area contributed by atoms with Crippen LogP contribution in [-0.4, -0.2) is 16.8 Å². The smallest absolute Gasteiger partial charge is 0.304 e. The quantitative estimate of drug-likeness (QED) is 0.577. The minimum atomic E-state index is -0.751. The van der Waals surface area contributed by atoms with Crippen molar-refractivity contribution in [3.8, 4) is 0 Å². The van der Waals surface area contributed by atoms with Crippen LogP contribution in [0.5, 0.6) is 0 Å². The van der Waals surface area contributed by atoms with Gasteiger partial charge in [0, 0.05) is 17.2 Å². The van der Waals surface area contributed by atoms with Crippen LogP contribution in [0.2, 0.25) is 0 Å². The van der Waals surface area contributed by atoms with E-state index in [9.17, 15) is 4.79 Å². The molecule has 0 aliphatic rings. The second-order valence-corrected chi connectivity index (χ2v) is 4.00. The highest BCUT2D eigenvalue weighted by molar-refractivity contribution is 7.98. The van der Waals surface area contributed by atoms with Gasteiger partial charge in [0.05, 0.1) is 6.42 Å². The topological polar surface area (TPSA) is 63.3 Å². The van der Waals surface area contributed by atoms with E-state index in [2.05, 4.69) is 0 Å². The minimum absolute atomic E-state index is 0.206. The molecule has 1 aromatic carbocycles. The first kappa shape index (κ1) is 10.9. The van der Waals surface area contributed by atoms with Crippen molar-refractivity contribution in [2.45, 2.75) is 12.2 Å². The van der Waals surface area contributed by atoms with Crippen LogP contribution >= 0.6 is 11.8 Å². The van der Waals surface area contributed by atoms with Gasteiger partial charge in [-0.1, -0.05) is 18.2 Å². The van der Waals surface area contributed by atoms with Crippen molar-refractivity contribution < 1.29 is 9.90 Å². The molecule has 0 radical (unpaired) electrons. The number of nitrogen functional groups attached to an aromatic ring is 1. The summed E-state index contributed by atoms with van der Waals surface area (Å²) in [6, 6.07) is 7.64. The summed E-state index contributed by atoms with van der Waals surface area (Å²) in [7, 11) is 0. The zero-order valence-corrected chi connectivity index (χ0v) is 8.59. The van der Waals surface area contributed by atoms with Gasteiger partial charge in [0.25, 0.3) is 0 Å². The highest BCUT2D eigenvalue weighted by atomic mass is 32.2. The highest BCUT2D eigenvalue weighted by Crippen LogP contribution is 2.18. The van der Waals surface area contributed by atoms with Crippen molar-refractivity contribution in [3.05, 3.63) is 29.8 Å². The third-order valence-electron chi connectivity index (χ3n) is 1.77. The van der Waals surface area contributed by atoms with E-state index in [0.29, 0.717) is 5.75 Å². The van der Waals surface area contributed by atoms with E-state index in [4.69, 9.17) is 10.8 Å². The normalized spacial score (nSPS) is 10.0. The summed E-state index contributed by atoms with van der Waals surface area (Å²) >= 11 is 1.59. The van der Waals surface area contributed by atoms with Crippen LogP contribution in [0.25, 0.3) is 0 Å². The Morgan fingerprint density at radius 1 is 1.43 bits per heavy atom. The molecule has 0 unspecified atom stereocenters. The van der Waals surface area contributed by atoms with Gasteiger partial charge in [0.1, 0.15) is 0 Å². The first-order valence-corrected chi connectivity index (χ1v) is 5.48. The van der Waals surface area contributed by atoms with E-state index in [1.807, 2.05) is 24.3 Å². The molecule has 0 spiro atoms. The molecule has 76 valence electrons. The number of hydrogen-bond donors (Lipinski definition) is 2. The number of benzene rings is 1. The molecule has 1 aromatic rings. The number of aliphatic carboxylic acids is 1. The Balaban J connectivity index is 2.31. The number of rotatable bonds is 5. The molecule has 4 heteroatoms. The Labute approximate surface area is 87.3 Å².